The van der Waals surface area contributed by atoms with Gasteiger partial charge in [-0.3, -0.25) is 0 Å². The molecule has 9 heavy (non-hydrogen) atoms. The van der Waals surface area contributed by atoms with Crippen molar-refractivity contribution in [2.24, 2.45) is 11.5 Å². The minimum absolute atomic E-state index is 0.291. The molecule has 0 aliphatic carbocycles. The van der Waals surface area contributed by atoms with Crippen LogP contribution in [0.5, 0.6) is 0 Å². The predicted molar refractivity (Wildman–Crippen MR) is 37.3 cm³/mol. The van der Waals surface area contributed by atoms with Gasteiger partial charge >= 0.3 is 0 Å². The summed E-state index contributed by atoms with van der Waals surface area (Å²) in [5.74, 6) is 0.983. The Bertz CT molecular complexity index is 106. The van der Waals surface area contributed by atoms with Crippen LogP contribution in [0, 0.1) is 0 Å². The highest BCUT2D eigenvalue weighted by Gasteiger charge is 1.95. The summed E-state index contributed by atoms with van der Waals surface area (Å²) >= 11 is 0. The van der Waals surface area contributed by atoms with Crippen molar-refractivity contribution in [3.8, 4) is 0 Å². The van der Waals surface area contributed by atoms with E-state index in [1.165, 1.54) is 0 Å². The molecule has 0 aliphatic heterocycles. The monoisotopic (exact) mass is 130 g/mol. The van der Waals surface area contributed by atoms with Crippen molar-refractivity contribution in [2.75, 3.05) is 6.61 Å². The Morgan fingerprint density at radius 3 is 2.00 bits per heavy atom. The van der Waals surface area contributed by atoms with E-state index in [0.717, 1.165) is 6.42 Å². The maximum atomic E-state index is 5.27. The fourth-order valence-corrected chi connectivity index (χ4v) is 0.564. The molecule has 0 aromatic heterocycles. The fourth-order valence-electron chi connectivity index (χ4n) is 0.564. The first-order chi connectivity index (χ1) is 4.22. The van der Waals surface area contributed by atoms with Crippen molar-refractivity contribution in [1.29, 1.82) is 0 Å². The highest BCUT2D eigenvalue weighted by Crippen LogP contribution is 2.01. The molecule has 0 atom stereocenters. The smallest absolute Gasteiger partial charge is 0.135 e. The van der Waals surface area contributed by atoms with E-state index >= 15 is 0 Å². The third-order valence-corrected chi connectivity index (χ3v) is 0.962. The second-order valence-electron chi connectivity index (χ2n) is 1.67. The Morgan fingerprint density at radius 1 is 1.33 bits per heavy atom. The van der Waals surface area contributed by atoms with E-state index in [0.29, 0.717) is 18.2 Å². The van der Waals surface area contributed by atoms with Crippen molar-refractivity contribution in [3.63, 3.8) is 0 Å². The molecular weight excluding hydrogens is 116 g/mol. The summed E-state index contributed by atoms with van der Waals surface area (Å²) in [6.45, 7) is 4.48. The van der Waals surface area contributed by atoms with Crippen molar-refractivity contribution in [3.05, 3.63) is 11.6 Å². The average Bonchev–Trinajstić information content (AvgIpc) is 1.82. The number of allylic oxidation sites excluding steroid dienone is 1. The number of ether oxygens (including phenoxy) is 1. The maximum Gasteiger partial charge on any atom is 0.135 e. The van der Waals surface area contributed by atoms with E-state index < -0.39 is 0 Å². The fraction of sp³-hybridized carbons (Fsp3) is 0.667. The SMILES string of the molecule is CCOC(CC)=C(N)N. The summed E-state index contributed by atoms with van der Waals surface area (Å²) in [6.07, 6.45) is 0.760. The van der Waals surface area contributed by atoms with Gasteiger partial charge in [-0.15, -0.1) is 0 Å². The molecule has 4 N–H and O–H groups in total. The quantitative estimate of drug-likeness (QED) is 0.547. The molecular formula is C6H14N2O. The molecule has 0 bridgehead atoms. The minimum atomic E-state index is 0.291. The Kier molecular flexibility index (Phi) is 3.67. The van der Waals surface area contributed by atoms with Crippen LogP contribution in [0.25, 0.3) is 0 Å². The van der Waals surface area contributed by atoms with Crippen molar-refractivity contribution < 1.29 is 4.74 Å². The first kappa shape index (κ1) is 8.14. The highest BCUT2D eigenvalue weighted by molar-refractivity contribution is 4.98. The van der Waals surface area contributed by atoms with Gasteiger partial charge < -0.3 is 16.2 Å². The molecule has 0 radical (unpaired) electrons. The Morgan fingerprint density at radius 2 is 1.89 bits per heavy atom. The maximum absolute atomic E-state index is 5.27. The molecule has 54 valence electrons. The molecule has 0 rings (SSSR count). The summed E-state index contributed by atoms with van der Waals surface area (Å²) < 4.78 is 5.08. The Labute approximate surface area is 55.7 Å². The molecule has 0 saturated heterocycles. The molecule has 0 saturated carbocycles. The van der Waals surface area contributed by atoms with Gasteiger partial charge in [-0.25, -0.2) is 0 Å². The molecule has 3 heteroatoms. The minimum Gasteiger partial charge on any atom is -0.494 e. The summed E-state index contributed by atoms with van der Waals surface area (Å²) in [5.41, 5.74) is 10.5. The standard InChI is InChI=1S/C6H14N2O/c1-3-5(6(7)8)9-4-2/h3-4,7-8H2,1-2H3. The normalized spacial score (nSPS) is 8.67. The topological polar surface area (TPSA) is 61.3 Å². The van der Waals surface area contributed by atoms with Gasteiger partial charge in [-0.05, 0) is 6.92 Å². The van der Waals surface area contributed by atoms with Crippen LogP contribution in [-0.4, -0.2) is 6.61 Å². The lowest BCUT2D eigenvalue weighted by Gasteiger charge is -2.06. The van der Waals surface area contributed by atoms with Gasteiger partial charge in [-0.2, -0.15) is 0 Å². The number of rotatable bonds is 3. The van der Waals surface area contributed by atoms with E-state index in [-0.39, 0.29) is 0 Å². The van der Waals surface area contributed by atoms with Crippen molar-refractivity contribution in [1.82, 2.24) is 0 Å². The summed E-state index contributed by atoms with van der Waals surface area (Å²) in [6, 6.07) is 0. The van der Waals surface area contributed by atoms with Crippen LogP contribution >= 0.6 is 0 Å². The molecule has 0 aromatic carbocycles. The van der Waals surface area contributed by atoms with E-state index in [9.17, 15) is 0 Å². The van der Waals surface area contributed by atoms with Crippen LogP contribution in [0.1, 0.15) is 20.3 Å². The molecule has 3 nitrogen and oxygen atoms in total. The molecule has 0 amide bonds. The van der Waals surface area contributed by atoms with E-state index in [1.807, 2.05) is 13.8 Å². The summed E-state index contributed by atoms with van der Waals surface area (Å²) in [4.78, 5) is 0. The van der Waals surface area contributed by atoms with E-state index in [4.69, 9.17) is 16.2 Å². The van der Waals surface area contributed by atoms with Gasteiger partial charge in [-0.1, -0.05) is 6.92 Å². The van der Waals surface area contributed by atoms with Gasteiger partial charge in [0.1, 0.15) is 11.6 Å². The largest absolute Gasteiger partial charge is 0.494 e. The summed E-state index contributed by atoms with van der Waals surface area (Å²) in [5, 5.41) is 0. The van der Waals surface area contributed by atoms with Gasteiger partial charge in [0.05, 0.1) is 6.61 Å². The number of hydrogen-bond donors (Lipinski definition) is 2. The molecule has 0 aromatic rings. The Hall–Kier alpha value is -0.860. The number of nitrogens with two attached hydrogens (primary N) is 2. The molecule has 0 aliphatic rings. The van der Waals surface area contributed by atoms with Gasteiger partial charge in [0, 0.05) is 6.42 Å². The zero-order chi connectivity index (χ0) is 7.28. The molecule has 0 unspecified atom stereocenters. The van der Waals surface area contributed by atoms with Crippen LogP contribution in [0.3, 0.4) is 0 Å². The second-order valence-corrected chi connectivity index (χ2v) is 1.67. The van der Waals surface area contributed by atoms with Crippen LogP contribution < -0.4 is 11.5 Å². The number of hydrogen-bond acceptors (Lipinski definition) is 3. The Balaban J connectivity index is 3.83. The lowest BCUT2D eigenvalue weighted by atomic mass is 10.4. The summed E-state index contributed by atoms with van der Waals surface area (Å²) in [7, 11) is 0. The molecule has 0 heterocycles. The highest BCUT2D eigenvalue weighted by atomic mass is 16.5. The van der Waals surface area contributed by atoms with Gasteiger partial charge in [0.25, 0.3) is 0 Å². The van der Waals surface area contributed by atoms with E-state index in [1.54, 1.807) is 0 Å². The zero-order valence-electron chi connectivity index (χ0n) is 5.98. The predicted octanol–water partition coefficient (Wildman–Crippen LogP) is 0.519. The van der Waals surface area contributed by atoms with Crippen LogP contribution in [-0.2, 0) is 4.74 Å². The van der Waals surface area contributed by atoms with Gasteiger partial charge in [0.15, 0.2) is 0 Å². The van der Waals surface area contributed by atoms with Crippen LogP contribution in [0.4, 0.5) is 0 Å². The van der Waals surface area contributed by atoms with Crippen molar-refractivity contribution in [2.45, 2.75) is 20.3 Å². The van der Waals surface area contributed by atoms with E-state index in [2.05, 4.69) is 0 Å². The van der Waals surface area contributed by atoms with Crippen molar-refractivity contribution >= 4 is 0 Å². The first-order valence-electron chi connectivity index (χ1n) is 3.09. The average molecular weight is 130 g/mol. The second kappa shape index (κ2) is 4.06. The lowest BCUT2D eigenvalue weighted by Crippen LogP contribution is -2.13. The molecule has 0 fully saturated rings. The molecule has 0 spiro atoms. The third kappa shape index (κ3) is 2.85. The third-order valence-electron chi connectivity index (χ3n) is 0.962. The first-order valence-corrected chi connectivity index (χ1v) is 3.09. The zero-order valence-corrected chi connectivity index (χ0v) is 5.98. The van der Waals surface area contributed by atoms with Gasteiger partial charge in [0.2, 0.25) is 0 Å². The van der Waals surface area contributed by atoms with Crippen LogP contribution in [0.15, 0.2) is 11.6 Å². The lowest BCUT2D eigenvalue weighted by molar-refractivity contribution is 0.216. The van der Waals surface area contributed by atoms with Crippen LogP contribution in [0.2, 0.25) is 0 Å².